The molecule has 35 heavy (non-hydrogen) atoms. The first-order valence-electron chi connectivity index (χ1n) is 10.2. The number of hydrogen-bond donors (Lipinski definition) is 2. The highest BCUT2D eigenvalue weighted by Gasteiger charge is 2.56. The molecule has 192 valence electrons. The average molecular weight is 537 g/mol. The molecule has 0 saturated heterocycles. The second kappa shape index (κ2) is 8.56. The molecule has 3 rings (SSSR count). The van der Waals surface area contributed by atoms with Gasteiger partial charge in [-0.2, -0.15) is 13.2 Å². The van der Waals surface area contributed by atoms with Gasteiger partial charge >= 0.3 is 6.18 Å². The summed E-state index contributed by atoms with van der Waals surface area (Å²) in [5, 5.41) is 10.9. The summed E-state index contributed by atoms with van der Waals surface area (Å²) in [6.45, 7) is 2.58. The number of sulfone groups is 2. The first-order valence-corrected chi connectivity index (χ1v) is 14.0. The van der Waals surface area contributed by atoms with Crippen LogP contribution in [-0.4, -0.2) is 56.2 Å². The number of rotatable bonds is 7. The van der Waals surface area contributed by atoms with Gasteiger partial charge in [0.15, 0.2) is 30.3 Å². The summed E-state index contributed by atoms with van der Waals surface area (Å²) >= 11 is 0. The third-order valence-corrected chi connectivity index (χ3v) is 7.87. The van der Waals surface area contributed by atoms with Gasteiger partial charge in [0.1, 0.15) is 10.7 Å². The second-order valence-corrected chi connectivity index (χ2v) is 13.2. The van der Waals surface area contributed by atoms with Crippen molar-refractivity contribution < 1.29 is 39.5 Å². The largest absolute Gasteiger partial charge is 0.417 e. The van der Waals surface area contributed by atoms with Gasteiger partial charge in [-0.05, 0) is 35.6 Å². The topological polar surface area (TPSA) is 117 Å². The van der Waals surface area contributed by atoms with Crippen molar-refractivity contribution in [1.82, 2.24) is 9.97 Å². The predicted molar refractivity (Wildman–Crippen MR) is 121 cm³/mol. The van der Waals surface area contributed by atoms with E-state index in [4.69, 9.17) is 0 Å². The molecule has 1 aromatic carbocycles. The van der Waals surface area contributed by atoms with Gasteiger partial charge in [0.25, 0.3) is 0 Å². The average Bonchev–Trinajstić information content (AvgIpc) is 3.05. The van der Waals surface area contributed by atoms with Crippen LogP contribution in [0.25, 0.3) is 10.9 Å². The van der Waals surface area contributed by atoms with Crippen LogP contribution in [-0.2, 0) is 31.5 Å². The van der Waals surface area contributed by atoms with E-state index in [1.807, 2.05) is 0 Å². The Labute approximate surface area is 200 Å². The lowest BCUT2D eigenvalue weighted by Gasteiger charge is -2.38. The standard InChI is InChI=1S/C22H24F4N2O5S2/c1-20(2,15-6-5-7-16(23)19(15)35(4,32)33)12-21(29,22(24,25)26)10-14-8-13-9-18(34(3,30)31)27-11-17(13)28-14/h5-9,11,28-29H,10,12H2,1-4H3. The lowest BCUT2D eigenvalue weighted by Crippen LogP contribution is -2.51. The molecular weight excluding hydrogens is 512 g/mol. The van der Waals surface area contributed by atoms with Gasteiger partial charge in [-0.25, -0.2) is 26.2 Å². The summed E-state index contributed by atoms with van der Waals surface area (Å²) in [7, 11) is -7.78. The number of aliphatic hydroxyl groups is 1. The SMILES string of the molecule is CC(C)(CC(O)(Cc1cc2cc(S(C)(=O)=O)ncc2[nH]1)C(F)(F)F)c1cccc(F)c1S(C)(=O)=O. The van der Waals surface area contributed by atoms with Crippen molar-refractivity contribution in [2.24, 2.45) is 0 Å². The Morgan fingerprint density at radius 2 is 1.66 bits per heavy atom. The van der Waals surface area contributed by atoms with Crippen molar-refractivity contribution in [2.75, 3.05) is 12.5 Å². The number of halogens is 4. The van der Waals surface area contributed by atoms with Crippen molar-refractivity contribution in [3.8, 4) is 0 Å². The van der Waals surface area contributed by atoms with Crippen LogP contribution in [0.3, 0.4) is 0 Å². The summed E-state index contributed by atoms with van der Waals surface area (Å²) in [5.74, 6) is -1.10. The van der Waals surface area contributed by atoms with Gasteiger partial charge in [0.2, 0.25) is 0 Å². The van der Waals surface area contributed by atoms with Gasteiger partial charge in [-0.3, -0.25) is 0 Å². The number of hydrogen-bond acceptors (Lipinski definition) is 6. The van der Waals surface area contributed by atoms with E-state index in [0.29, 0.717) is 0 Å². The lowest BCUT2D eigenvalue weighted by atomic mass is 9.73. The molecule has 0 bridgehead atoms. The van der Waals surface area contributed by atoms with E-state index in [-0.39, 0.29) is 27.2 Å². The zero-order chi connectivity index (χ0) is 26.6. The fourth-order valence-corrected chi connectivity index (χ4v) is 5.94. The fraction of sp³-hybridized carbons (Fsp3) is 0.409. The van der Waals surface area contributed by atoms with Crippen LogP contribution < -0.4 is 0 Å². The summed E-state index contributed by atoms with van der Waals surface area (Å²) in [6, 6.07) is 5.79. The summed E-state index contributed by atoms with van der Waals surface area (Å²) < 4.78 is 105. The minimum absolute atomic E-state index is 0.0503. The molecule has 3 aromatic rings. The molecule has 2 heterocycles. The number of aromatic amines is 1. The number of nitrogens with zero attached hydrogens (tertiary/aromatic N) is 1. The maximum atomic E-state index is 14.4. The van der Waals surface area contributed by atoms with E-state index in [1.54, 1.807) is 0 Å². The third-order valence-electron chi connectivity index (χ3n) is 5.73. The van der Waals surface area contributed by atoms with Crippen molar-refractivity contribution >= 4 is 30.6 Å². The normalized spacial score (nSPS) is 15.3. The van der Waals surface area contributed by atoms with Crippen molar-refractivity contribution in [2.45, 2.75) is 53.8 Å². The molecule has 2 N–H and O–H groups in total. The van der Waals surface area contributed by atoms with E-state index < -0.39 is 60.4 Å². The van der Waals surface area contributed by atoms with Crippen LogP contribution in [0, 0.1) is 5.82 Å². The van der Waals surface area contributed by atoms with E-state index in [9.17, 15) is 39.5 Å². The number of nitrogens with one attached hydrogen (secondary N) is 1. The molecule has 0 spiro atoms. The molecular formula is C22H24F4N2O5S2. The van der Waals surface area contributed by atoms with Crippen LogP contribution in [0.5, 0.6) is 0 Å². The minimum atomic E-state index is -5.14. The molecule has 0 radical (unpaired) electrons. The highest BCUT2D eigenvalue weighted by Crippen LogP contribution is 2.44. The highest BCUT2D eigenvalue weighted by molar-refractivity contribution is 7.91. The molecule has 2 aromatic heterocycles. The maximum absolute atomic E-state index is 14.4. The first kappa shape index (κ1) is 27.1. The summed E-state index contributed by atoms with van der Waals surface area (Å²) in [6.07, 6.45) is -4.22. The smallest absolute Gasteiger partial charge is 0.380 e. The molecule has 7 nitrogen and oxygen atoms in total. The second-order valence-electron chi connectivity index (χ2n) is 9.33. The van der Waals surface area contributed by atoms with Gasteiger partial charge in [-0.1, -0.05) is 26.0 Å². The Bertz CT molecular complexity index is 1500. The van der Waals surface area contributed by atoms with Gasteiger partial charge in [-0.15, -0.1) is 0 Å². The zero-order valence-electron chi connectivity index (χ0n) is 19.2. The zero-order valence-corrected chi connectivity index (χ0v) is 20.9. The number of H-pyrrole nitrogens is 1. The minimum Gasteiger partial charge on any atom is -0.380 e. The number of alkyl halides is 3. The lowest BCUT2D eigenvalue weighted by molar-refractivity contribution is -0.266. The van der Waals surface area contributed by atoms with Crippen LogP contribution in [0.1, 0.15) is 31.5 Å². The van der Waals surface area contributed by atoms with E-state index in [0.717, 1.165) is 24.8 Å². The van der Waals surface area contributed by atoms with Crippen LogP contribution in [0.15, 0.2) is 46.5 Å². The Morgan fingerprint density at radius 1 is 1.03 bits per heavy atom. The molecule has 0 amide bonds. The van der Waals surface area contributed by atoms with Crippen LogP contribution >= 0.6 is 0 Å². The quantitative estimate of drug-likeness (QED) is 0.445. The Morgan fingerprint density at radius 3 is 2.20 bits per heavy atom. The Hall–Kier alpha value is -2.51. The van der Waals surface area contributed by atoms with E-state index in [1.165, 1.54) is 38.1 Å². The summed E-state index contributed by atoms with van der Waals surface area (Å²) in [4.78, 5) is 5.76. The van der Waals surface area contributed by atoms with E-state index >= 15 is 0 Å². The first-order chi connectivity index (χ1) is 15.7. The fourth-order valence-electron chi connectivity index (χ4n) is 4.19. The Kier molecular flexibility index (Phi) is 6.62. The molecule has 13 heteroatoms. The summed E-state index contributed by atoms with van der Waals surface area (Å²) in [5.41, 5.74) is -4.94. The number of fused-ring (bicyclic) bond motifs is 1. The maximum Gasteiger partial charge on any atom is 0.417 e. The molecule has 0 aliphatic rings. The monoisotopic (exact) mass is 536 g/mol. The van der Waals surface area contributed by atoms with Crippen LogP contribution in [0.4, 0.5) is 17.6 Å². The van der Waals surface area contributed by atoms with Gasteiger partial charge in [0, 0.05) is 30.0 Å². The number of aromatic nitrogens is 2. The molecule has 1 atom stereocenters. The number of pyridine rings is 1. The molecule has 0 aliphatic heterocycles. The van der Waals surface area contributed by atoms with Gasteiger partial charge < -0.3 is 10.1 Å². The molecule has 0 aliphatic carbocycles. The van der Waals surface area contributed by atoms with E-state index in [2.05, 4.69) is 9.97 Å². The van der Waals surface area contributed by atoms with Crippen molar-refractivity contribution in [3.63, 3.8) is 0 Å². The Balaban J connectivity index is 2.06. The third kappa shape index (κ3) is 5.51. The molecule has 0 saturated carbocycles. The highest BCUT2D eigenvalue weighted by atomic mass is 32.2. The van der Waals surface area contributed by atoms with Crippen LogP contribution in [0.2, 0.25) is 0 Å². The molecule has 0 fully saturated rings. The van der Waals surface area contributed by atoms with Crippen molar-refractivity contribution in [3.05, 3.63) is 53.6 Å². The van der Waals surface area contributed by atoms with Gasteiger partial charge in [0.05, 0.1) is 11.7 Å². The van der Waals surface area contributed by atoms with Crippen molar-refractivity contribution in [1.29, 1.82) is 0 Å². The number of benzene rings is 1. The predicted octanol–water partition coefficient (Wildman–Crippen LogP) is 3.71. The molecule has 1 unspecified atom stereocenters.